The number of halogens is 1. The second-order valence-electron chi connectivity index (χ2n) is 5.02. The number of hydrogen-bond acceptors (Lipinski definition) is 3. The number of benzene rings is 1. The Labute approximate surface area is 107 Å². The summed E-state index contributed by atoms with van der Waals surface area (Å²) in [7, 11) is 0. The highest BCUT2D eigenvalue weighted by Gasteiger charge is 2.23. The lowest BCUT2D eigenvalue weighted by Gasteiger charge is -2.22. The lowest BCUT2D eigenvalue weighted by atomic mass is 10.0. The van der Waals surface area contributed by atoms with Crippen molar-refractivity contribution in [3.8, 4) is 0 Å². The van der Waals surface area contributed by atoms with Gasteiger partial charge in [0.05, 0.1) is 0 Å². The second-order valence-corrected chi connectivity index (χ2v) is 5.43. The van der Waals surface area contributed by atoms with Gasteiger partial charge in [0.1, 0.15) is 11.6 Å². The number of hydrogen-bond donors (Lipinski definition) is 1. The van der Waals surface area contributed by atoms with Crippen molar-refractivity contribution >= 4 is 17.6 Å². The molecule has 0 radical (unpaired) electrons. The fourth-order valence-corrected chi connectivity index (χ4v) is 1.48. The van der Waals surface area contributed by atoms with Crippen molar-refractivity contribution in [2.75, 3.05) is 0 Å². The number of carbonyl (C=O) groups is 1. The van der Waals surface area contributed by atoms with Crippen LogP contribution in [0.15, 0.2) is 18.2 Å². The molecule has 1 aromatic rings. The average molecular weight is 256 g/mol. The smallest absolute Gasteiger partial charge is 0.328 e. The largest absolute Gasteiger partial charge is 0.459 e. The van der Waals surface area contributed by atoms with E-state index in [0.717, 1.165) is 5.56 Å². The van der Waals surface area contributed by atoms with E-state index in [1.54, 1.807) is 18.2 Å². The van der Waals surface area contributed by atoms with Gasteiger partial charge in [0.2, 0.25) is 0 Å². The first-order valence-electron chi connectivity index (χ1n) is 5.45. The Morgan fingerprint density at radius 2 is 2.00 bits per heavy atom. The van der Waals surface area contributed by atoms with Crippen LogP contribution in [0.3, 0.4) is 0 Å². The fraction of sp³-hybridized carbons (Fsp3) is 0.462. The molecular formula is C13H18ClNO2. The third-order valence-corrected chi connectivity index (χ3v) is 2.63. The number of ether oxygens (including phenoxy) is 1. The van der Waals surface area contributed by atoms with Crippen molar-refractivity contribution in [1.82, 2.24) is 0 Å². The zero-order valence-corrected chi connectivity index (χ0v) is 11.3. The van der Waals surface area contributed by atoms with Crippen LogP contribution in [0, 0.1) is 6.92 Å². The van der Waals surface area contributed by atoms with E-state index in [4.69, 9.17) is 22.1 Å². The van der Waals surface area contributed by atoms with Gasteiger partial charge in [-0.1, -0.05) is 23.7 Å². The van der Waals surface area contributed by atoms with Gasteiger partial charge in [-0.05, 0) is 44.9 Å². The summed E-state index contributed by atoms with van der Waals surface area (Å²) in [5.74, 6) is -0.431. The van der Waals surface area contributed by atoms with Gasteiger partial charge in [0.25, 0.3) is 0 Å². The summed E-state index contributed by atoms with van der Waals surface area (Å²) in [6, 6.07) is 4.50. The molecule has 0 amide bonds. The van der Waals surface area contributed by atoms with Crippen LogP contribution >= 0.6 is 11.6 Å². The maximum Gasteiger partial charge on any atom is 0.328 e. The molecule has 17 heavy (non-hydrogen) atoms. The first-order valence-corrected chi connectivity index (χ1v) is 5.83. The van der Waals surface area contributed by atoms with Gasteiger partial charge in [0, 0.05) is 5.02 Å². The van der Waals surface area contributed by atoms with E-state index < -0.39 is 17.6 Å². The van der Waals surface area contributed by atoms with Gasteiger partial charge in [-0.15, -0.1) is 0 Å². The molecule has 4 heteroatoms. The van der Waals surface area contributed by atoms with Gasteiger partial charge >= 0.3 is 5.97 Å². The molecule has 0 aliphatic heterocycles. The van der Waals surface area contributed by atoms with Crippen LogP contribution in [0.5, 0.6) is 0 Å². The monoisotopic (exact) mass is 255 g/mol. The third kappa shape index (κ3) is 4.02. The molecule has 0 aliphatic carbocycles. The second kappa shape index (κ2) is 5.07. The minimum atomic E-state index is -0.773. The van der Waals surface area contributed by atoms with Crippen molar-refractivity contribution in [3.63, 3.8) is 0 Å². The Morgan fingerprint density at radius 1 is 1.41 bits per heavy atom. The molecule has 0 heterocycles. The lowest BCUT2D eigenvalue weighted by molar-refractivity contribution is -0.156. The van der Waals surface area contributed by atoms with E-state index in [9.17, 15) is 4.79 Å². The summed E-state index contributed by atoms with van der Waals surface area (Å²) >= 11 is 5.91. The summed E-state index contributed by atoms with van der Waals surface area (Å²) in [5, 5.41) is 0.658. The normalized spacial score (nSPS) is 13.3. The first-order chi connectivity index (χ1) is 7.70. The van der Waals surface area contributed by atoms with Gasteiger partial charge < -0.3 is 10.5 Å². The number of nitrogens with two attached hydrogens (primary N) is 1. The minimum absolute atomic E-state index is 0.431. The van der Waals surface area contributed by atoms with E-state index in [0.29, 0.717) is 10.6 Å². The van der Waals surface area contributed by atoms with Crippen LogP contribution in [-0.2, 0) is 9.53 Å². The molecule has 0 saturated carbocycles. The highest BCUT2D eigenvalue weighted by atomic mass is 35.5. The van der Waals surface area contributed by atoms with Crippen molar-refractivity contribution in [2.45, 2.75) is 39.3 Å². The highest BCUT2D eigenvalue weighted by Crippen LogP contribution is 2.21. The summed E-state index contributed by atoms with van der Waals surface area (Å²) in [5.41, 5.74) is 6.92. The minimum Gasteiger partial charge on any atom is -0.459 e. The maximum atomic E-state index is 11.8. The zero-order chi connectivity index (χ0) is 13.2. The first kappa shape index (κ1) is 14.0. The van der Waals surface area contributed by atoms with Crippen molar-refractivity contribution in [2.24, 2.45) is 5.73 Å². The van der Waals surface area contributed by atoms with E-state index in [1.165, 1.54) is 0 Å². The summed E-state index contributed by atoms with van der Waals surface area (Å²) < 4.78 is 5.23. The molecule has 1 atom stereocenters. The molecule has 1 rings (SSSR count). The quantitative estimate of drug-likeness (QED) is 0.827. The standard InChI is InChI=1S/C13H18ClNO2/c1-8-7-9(5-6-10(8)14)11(15)12(16)17-13(2,3)4/h5-7,11H,15H2,1-4H3. The molecule has 0 spiro atoms. The Kier molecular flexibility index (Phi) is 4.17. The fourth-order valence-electron chi connectivity index (χ4n) is 1.36. The Morgan fingerprint density at radius 3 is 2.47 bits per heavy atom. The van der Waals surface area contributed by atoms with Crippen LogP contribution < -0.4 is 5.73 Å². The van der Waals surface area contributed by atoms with Crippen molar-refractivity contribution < 1.29 is 9.53 Å². The molecule has 2 N–H and O–H groups in total. The van der Waals surface area contributed by atoms with E-state index in [1.807, 2.05) is 27.7 Å². The molecular weight excluding hydrogens is 238 g/mol. The summed E-state index contributed by atoms with van der Waals surface area (Å²) in [6.45, 7) is 7.30. The van der Waals surface area contributed by atoms with Crippen molar-refractivity contribution in [3.05, 3.63) is 34.3 Å². The number of carbonyl (C=O) groups excluding carboxylic acids is 1. The molecule has 3 nitrogen and oxygen atoms in total. The molecule has 0 aromatic heterocycles. The Balaban J connectivity index is 2.85. The Hall–Kier alpha value is -1.06. The Bertz CT molecular complexity index is 424. The molecule has 0 saturated heterocycles. The van der Waals surface area contributed by atoms with E-state index in [2.05, 4.69) is 0 Å². The van der Waals surface area contributed by atoms with Crippen LogP contribution in [-0.4, -0.2) is 11.6 Å². The van der Waals surface area contributed by atoms with Crippen LogP contribution in [0.2, 0.25) is 5.02 Å². The zero-order valence-electron chi connectivity index (χ0n) is 10.6. The average Bonchev–Trinajstić information content (AvgIpc) is 2.18. The van der Waals surface area contributed by atoms with Gasteiger partial charge in [-0.3, -0.25) is 0 Å². The van der Waals surface area contributed by atoms with Crippen LogP contribution in [0.4, 0.5) is 0 Å². The summed E-state index contributed by atoms with van der Waals surface area (Å²) in [4.78, 5) is 11.8. The topological polar surface area (TPSA) is 52.3 Å². The molecule has 0 bridgehead atoms. The molecule has 0 aliphatic rings. The van der Waals surface area contributed by atoms with E-state index in [-0.39, 0.29) is 0 Å². The van der Waals surface area contributed by atoms with Crippen LogP contribution in [0.1, 0.15) is 37.9 Å². The SMILES string of the molecule is Cc1cc(C(N)C(=O)OC(C)(C)C)ccc1Cl. The maximum absolute atomic E-state index is 11.8. The van der Waals surface area contributed by atoms with Gasteiger partial charge in [-0.25, -0.2) is 4.79 Å². The third-order valence-electron chi connectivity index (χ3n) is 2.20. The molecule has 0 fully saturated rings. The predicted octanol–water partition coefficient (Wildman–Crippen LogP) is 2.99. The summed E-state index contributed by atoms with van der Waals surface area (Å²) in [6.07, 6.45) is 0. The molecule has 1 aromatic carbocycles. The van der Waals surface area contributed by atoms with Gasteiger partial charge in [-0.2, -0.15) is 0 Å². The molecule has 1 unspecified atom stereocenters. The number of rotatable bonds is 2. The van der Waals surface area contributed by atoms with Crippen LogP contribution in [0.25, 0.3) is 0 Å². The van der Waals surface area contributed by atoms with Gasteiger partial charge in [0.15, 0.2) is 0 Å². The van der Waals surface area contributed by atoms with E-state index >= 15 is 0 Å². The highest BCUT2D eigenvalue weighted by molar-refractivity contribution is 6.31. The lowest BCUT2D eigenvalue weighted by Crippen LogP contribution is -2.31. The predicted molar refractivity (Wildman–Crippen MR) is 69.0 cm³/mol. The number of aryl methyl sites for hydroxylation is 1. The number of esters is 1. The van der Waals surface area contributed by atoms with Crippen molar-refractivity contribution in [1.29, 1.82) is 0 Å². The molecule has 94 valence electrons.